The zero-order chi connectivity index (χ0) is 35.0. The lowest BCUT2D eigenvalue weighted by molar-refractivity contribution is 0.126. The highest BCUT2D eigenvalue weighted by Crippen LogP contribution is 2.34. The number of aromatic nitrogens is 4. The number of benzene rings is 3. The molecule has 6 aromatic rings. The molecule has 1 unspecified atom stereocenters. The number of nitrogens with one attached hydrogen (secondary N) is 1. The maximum absolute atomic E-state index is 13.5. The van der Waals surface area contributed by atoms with Gasteiger partial charge in [-0.15, -0.1) is 16.4 Å². The van der Waals surface area contributed by atoms with Crippen molar-refractivity contribution in [1.82, 2.24) is 24.9 Å². The summed E-state index contributed by atoms with van der Waals surface area (Å²) in [6.45, 7) is 11.1. The fraction of sp³-hybridized carbons (Fsp3) is 0.308. The molecular formula is C39H43FN7OSSi+. The SMILES string of the molecule is CCc1nc2ccc(N3CCN[C@@H](C(O)c4ccccc4[Si+](c4ccccc4)C(C)(C)C)C3)nn2c1N(C)c1nc(-c2ccc(F)cc2)cs1. The first kappa shape index (κ1) is 34.0. The van der Waals surface area contributed by atoms with Crippen LogP contribution in [0.25, 0.3) is 16.9 Å². The second kappa shape index (κ2) is 14.1. The van der Waals surface area contributed by atoms with Gasteiger partial charge in [-0.2, -0.15) is 4.52 Å². The molecule has 7 rings (SSSR count). The molecule has 4 heterocycles. The molecule has 3 aromatic carbocycles. The molecule has 8 nitrogen and oxygen atoms in total. The third-order valence-electron chi connectivity index (χ3n) is 9.35. The van der Waals surface area contributed by atoms with Gasteiger partial charge >= 0.3 is 8.80 Å². The maximum Gasteiger partial charge on any atom is 0.396 e. The van der Waals surface area contributed by atoms with E-state index >= 15 is 0 Å². The van der Waals surface area contributed by atoms with Crippen molar-refractivity contribution < 1.29 is 9.50 Å². The van der Waals surface area contributed by atoms with E-state index in [1.807, 2.05) is 40.0 Å². The maximum atomic E-state index is 13.5. The number of fused-ring (bicyclic) bond motifs is 1. The second-order valence-corrected chi connectivity index (χ2v) is 18.0. The summed E-state index contributed by atoms with van der Waals surface area (Å²) in [7, 11) is 0.772. The van der Waals surface area contributed by atoms with E-state index in [0.717, 1.165) is 64.4 Å². The van der Waals surface area contributed by atoms with E-state index in [2.05, 4.69) is 86.4 Å². The Labute approximate surface area is 298 Å². The van der Waals surface area contributed by atoms with Crippen molar-refractivity contribution in [3.8, 4) is 11.3 Å². The second-order valence-electron chi connectivity index (χ2n) is 13.8. The largest absolute Gasteiger partial charge is 0.396 e. The van der Waals surface area contributed by atoms with Gasteiger partial charge in [0.2, 0.25) is 0 Å². The average Bonchev–Trinajstić information content (AvgIpc) is 3.77. The van der Waals surface area contributed by atoms with Gasteiger partial charge in [0.05, 0.1) is 28.6 Å². The Bertz CT molecular complexity index is 2080. The first-order chi connectivity index (χ1) is 24.1. The molecular weight excluding hydrogens is 662 g/mol. The quantitative estimate of drug-likeness (QED) is 0.173. The van der Waals surface area contributed by atoms with Crippen molar-refractivity contribution in [3.05, 3.63) is 113 Å². The van der Waals surface area contributed by atoms with Crippen LogP contribution in [0.4, 0.5) is 21.2 Å². The Morgan fingerprint density at radius 2 is 1.74 bits per heavy atom. The topological polar surface area (TPSA) is 81.8 Å². The molecule has 1 saturated heterocycles. The Hall–Kier alpha value is -4.42. The van der Waals surface area contributed by atoms with Crippen molar-refractivity contribution in [2.75, 3.05) is 36.5 Å². The Balaban J connectivity index is 1.17. The first-order valence-electron chi connectivity index (χ1n) is 17.1. The Kier molecular flexibility index (Phi) is 9.58. The molecule has 0 radical (unpaired) electrons. The van der Waals surface area contributed by atoms with Crippen molar-refractivity contribution in [3.63, 3.8) is 0 Å². The number of halogens is 1. The summed E-state index contributed by atoms with van der Waals surface area (Å²) < 4.78 is 15.5. The van der Waals surface area contributed by atoms with Gasteiger partial charge in [0.15, 0.2) is 16.6 Å². The van der Waals surface area contributed by atoms with E-state index in [1.54, 1.807) is 12.1 Å². The molecule has 0 aliphatic carbocycles. The molecule has 1 aliphatic rings. The van der Waals surface area contributed by atoms with Crippen LogP contribution in [0.2, 0.25) is 5.04 Å². The predicted molar refractivity (Wildman–Crippen MR) is 205 cm³/mol. The third kappa shape index (κ3) is 6.70. The van der Waals surface area contributed by atoms with Gasteiger partial charge in [-0.25, -0.2) is 14.4 Å². The minimum absolute atomic E-state index is 0.0430. The van der Waals surface area contributed by atoms with Crippen molar-refractivity contribution >= 4 is 52.9 Å². The molecule has 0 spiro atoms. The number of thiazole rings is 1. The van der Waals surface area contributed by atoms with Crippen LogP contribution >= 0.6 is 11.3 Å². The summed E-state index contributed by atoms with van der Waals surface area (Å²) in [6, 6.07) is 29.5. The monoisotopic (exact) mass is 704 g/mol. The highest BCUT2D eigenvalue weighted by Gasteiger charge is 2.48. The number of nitrogens with zero attached hydrogens (tertiary/aromatic N) is 6. The van der Waals surface area contributed by atoms with E-state index in [0.29, 0.717) is 6.54 Å². The molecule has 11 heteroatoms. The van der Waals surface area contributed by atoms with Crippen LogP contribution in [0.1, 0.15) is 45.1 Å². The summed E-state index contributed by atoms with van der Waals surface area (Å²) in [5, 5.41) is 26.2. The van der Waals surface area contributed by atoms with Crippen LogP contribution in [0.3, 0.4) is 0 Å². The molecule has 3 aromatic heterocycles. The van der Waals surface area contributed by atoms with Crippen LogP contribution in [0.5, 0.6) is 0 Å². The molecule has 0 bridgehead atoms. The molecule has 256 valence electrons. The summed E-state index contributed by atoms with van der Waals surface area (Å²) >= 11 is 1.53. The summed E-state index contributed by atoms with van der Waals surface area (Å²) in [5.74, 6) is 1.42. The van der Waals surface area contributed by atoms with Crippen molar-refractivity contribution in [2.45, 2.75) is 51.3 Å². The zero-order valence-electron chi connectivity index (χ0n) is 29.1. The van der Waals surface area contributed by atoms with Crippen LogP contribution in [0.15, 0.2) is 96.4 Å². The predicted octanol–water partition coefficient (Wildman–Crippen LogP) is 6.24. The molecule has 2 N–H and O–H groups in total. The number of aryl methyl sites for hydroxylation is 1. The molecule has 2 atom stereocenters. The van der Waals surface area contributed by atoms with Gasteiger partial charge < -0.3 is 20.2 Å². The van der Waals surface area contributed by atoms with Crippen LogP contribution in [0, 0.1) is 5.82 Å². The summed E-state index contributed by atoms with van der Waals surface area (Å²) in [4.78, 5) is 14.1. The van der Waals surface area contributed by atoms with E-state index in [1.165, 1.54) is 33.8 Å². The average molecular weight is 705 g/mol. The van der Waals surface area contributed by atoms with Crippen molar-refractivity contribution in [2.24, 2.45) is 0 Å². The van der Waals surface area contributed by atoms with E-state index in [-0.39, 0.29) is 16.9 Å². The number of hydrogen-bond donors (Lipinski definition) is 2. The van der Waals surface area contributed by atoms with E-state index in [9.17, 15) is 9.50 Å². The normalized spacial score (nSPS) is 15.7. The van der Waals surface area contributed by atoms with Gasteiger partial charge in [0, 0.05) is 43.2 Å². The van der Waals surface area contributed by atoms with E-state index < -0.39 is 14.9 Å². The lowest BCUT2D eigenvalue weighted by Crippen LogP contribution is -2.56. The number of anilines is 3. The fourth-order valence-corrected chi connectivity index (χ4v) is 11.1. The molecule has 50 heavy (non-hydrogen) atoms. The minimum Gasteiger partial charge on any atom is -0.387 e. The van der Waals surface area contributed by atoms with E-state index in [4.69, 9.17) is 15.1 Å². The summed E-state index contributed by atoms with van der Waals surface area (Å²) in [5.41, 5.74) is 4.35. The molecule has 0 amide bonds. The highest BCUT2D eigenvalue weighted by atomic mass is 32.1. The smallest absolute Gasteiger partial charge is 0.387 e. The number of imidazole rings is 1. The molecule has 1 aliphatic heterocycles. The van der Waals surface area contributed by atoms with Gasteiger partial charge in [-0.05, 0) is 81.8 Å². The Morgan fingerprint density at radius 3 is 2.48 bits per heavy atom. The van der Waals surface area contributed by atoms with Gasteiger partial charge in [-0.3, -0.25) is 0 Å². The fourth-order valence-electron chi connectivity index (χ4n) is 6.96. The number of rotatable bonds is 9. The van der Waals surface area contributed by atoms with Crippen LogP contribution in [-0.2, 0) is 6.42 Å². The van der Waals surface area contributed by atoms with Gasteiger partial charge in [0.1, 0.15) is 22.0 Å². The first-order valence-corrected chi connectivity index (χ1v) is 19.5. The minimum atomic E-state index is -1.22. The van der Waals surface area contributed by atoms with Crippen molar-refractivity contribution in [1.29, 1.82) is 0 Å². The summed E-state index contributed by atoms with van der Waals surface area (Å²) in [6.07, 6.45) is 0.0437. The number of piperazine rings is 1. The number of aliphatic hydroxyl groups excluding tert-OH is 1. The van der Waals surface area contributed by atoms with Gasteiger partial charge in [-0.1, -0.05) is 43.3 Å². The number of hydrogen-bond acceptors (Lipinski definition) is 8. The standard InChI is InChI=1S/C39H43FN7OSSi/c1-6-30-37(45(5)38-43-32(25-49-38)26-16-18-27(40)19-17-26)47-34(42-30)20-21-35(44-47)46-23-22-41-31(24-46)36(48)29-14-10-11-15-33(29)50(39(2,3)4)28-12-8-7-9-13-28/h7-21,25,31,36,41,48H,6,22-24H2,1-5H3/q+1/t31-,36?/m1/s1. The van der Waals surface area contributed by atoms with Gasteiger partial charge in [0.25, 0.3) is 0 Å². The third-order valence-corrected chi connectivity index (χ3v) is 13.7. The lowest BCUT2D eigenvalue weighted by atomic mass is 10.00. The van der Waals surface area contributed by atoms with Crippen LogP contribution in [-0.4, -0.2) is 66.2 Å². The zero-order valence-corrected chi connectivity index (χ0v) is 31.0. The molecule has 0 saturated carbocycles. The lowest BCUT2D eigenvalue weighted by Gasteiger charge is -2.37. The number of aliphatic hydroxyl groups is 1. The Morgan fingerprint density at radius 1 is 1.00 bits per heavy atom. The highest BCUT2D eigenvalue weighted by molar-refractivity contribution is 7.14. The molecule has 1 fully saturated rings. The van der Waals surface area contributed by atoms with Crippen LogP contribution < -0.4 is 25.5 Å².